The molecule has 1 aliphatic heterocycles. The van der Waals surface area contributed by atoms with Crippen molar-refractivity contribution in [2.75, 3.05) is 13.1 Å². The van der Waals surface area contributed by atoms with Crippen LogP contribution < -0.4 is 0 Å². The van der Waals surface area contributed by atoms with Gasteiger partial charge in [0.15, 0.2) is 0 Å². The molecule has 0 amide bonds. The van der Waals surface area contributed by atoms with E-state index in [1.807, 2.05) is 19.1 Å². The molecule has 0 aromatic carbocycles. The predicted molar refractivity (Wildman–Crippen MR) is 58.4 cm³/mol. The van der Waals surface area contributed by atoms with Gasteiger partial charge in [0, 0.05) is 13.1 Å². The van der Waals surface area contributed by atoms with Crippen molar-refractivity contribution in [2.24, 2.45) is 5.92 Å². The molecule has 1 fully saturated rings. The number of likely N-dealkylation sites (tertiary alicyclic amines) is 1. The summed E-state index contributed by atoms with van der Waals surface area (Å²) in [5.74, 6) is 0.865. The van der Waals surface area contributed by atoms with Crippen molar-refractivity contribution in [2.45, 2.75) is 20.3 Å². The van der Waals surface area contributed by atoms with Gasteiger partial charge in [-0.2, -0.15) is 0 Å². The monoisotopic (exact) mass is 177 g/mol. The lowest BCUT2D eigenvalue weighted by Gasteiger charge is -2.10. The molecule has 1 heterocycles. The topological polar surface area (TPSA) is 3.24 Å². The van der Waals surface area contributed by atoms with Gasteiger partial charge in [0.05, 0.1) is 0 Å². The first-order chi connectivity index (χ1) is 6.33. The van der Waals surface area contributed by atoms with Gasteiger partial charge in [-0.3, -0.25) is 0 Å². The summed E-state index contributed by atoms with van der Waals surface area (Å²) >= 11 is 0. The summed E-state index contributed by atoms with van der Waals surface area (Å²) in [6, 6.07) is 0. The largest absolute Gasteiger partial charge is 0.377 e. The maximum atomic E-state index is 2.38. The standard InChI is InChI=1S/C12H19N/c1-3-4-5-6-7-9-13-10-8-12(2)11-13/h3-7,9,12H,8,10-11H2,1-2H3/b4-3-,6-5-,9-7+. The van der Waals surface area contributed by atoms with E-state index >= 15 is 0 Å². The van der Waals surface area contributed by atoms with Gasteiger partial charge in [0.25, 0.3) is 0 Å². The Balaban J connectivity index is 2.24. The first-order valence-corrected chi connectivity index (χ1v) is 5.03. The Morgan fingerprint density at radius 1 is 1.15 bits per heavy atom. The number of hydrogen-bond acceptors (Lipinski definition) is 1. The van der Waals surface area contributed by atoms with E-state index in [1.54, 1.807) is 0 Å². The van der Waals surface area contributed by atoms with E-state index < -0.39 is 0 Å². The highest BCUT2D eigenvalue weighted by Crippen LogP contribution is 2.14. The molecule has 0 saturated carbocycles. The van der Waals surface area contributed by atoms with Crippen molar-refractivity contribution < 1.29 is 0 Å². The summed E-state index contributed by atoms with van der Waals surface area (Å²) < 4.78 is 0. The smallest absolute Gasteiger partial charge is 0.0198 e. The second-order valence-electron chi connectivity index (χ2n) is 3.64. The molecule has 0 spiro atoms. The molecular weight excluding hydrogens is 158 g/mol. The third-order valence-electron chi connectivity index (χ3n) is 2.28. The Hall–Kier alpha value is -0.980. The molecule has 0 aromatic heterocycles. The van der Waals surface area contributed by atoms with Crippen molar-refractivity contribution in [3.05, 3.63) is 36.6 Å². The Bertz CT molecular complexity index is 213. The molecule has 1 unspecified atom stereocenters. The lowest BCUT2D eigenvalue weighted by Crippen LogP contribution is -2.11. The van der Waals surface area contributed by atoms with Gasteiger partial charge in [-0.15, -0.1) is 0 Å². The van der Waals surface area contributed by atoms with Crippen molar-refractivity contribution >= 4 is 0 Å². The number of nitrogens with zero attached hydrogens (tertiary/aromatic N) is 1. The van der Waals surface area contributed by atoms with Crippen LogP contribution >= 0.6 is 0 Å². The number of allylic oxidation sites excluding steroid dienone is 5. The predicted octanol–water partition coefficient (Wildman–Crippen LogP) is 2.97. The van der Waals surface area contributed by atoms with E-state index in [0.717, 1.165) is 5.92 Å². The fourth-order valence-electron chi connectivity index (χ4n) is 1.52. The fourth-order valence-corrected chi connectivity index (χ4v) is 1.52. The average molecular weight is 177 g/mol. The van der Waals surface area contributed by atoms with E-state index in [2.05, 4.69) is 36.3 Å². The van der Waals surface area contributed by atoms with E-state index in [-0.39, 0.29) is 0 Å². The third-order valence-corrected chi connectivity index (χ3v) is 2.28. The van der Waals surface area contributed by atoms with E-state index in [4.69, 9.17) is 0 Å². The summed E-state index contributed by atoms with van der Waals surface area (Å²) in [4.78, 5) is 2.38. The van der Waals surface area contributed by atoms with Gasteiger partial charge in [-0.25, -0.2) is 0 Å². The molecule has 1 nitrogen and oxygen atoms in total. The summed E-state index contributed by atoms with van der Waals surface area (Å²) in [5, 5.41) is 0. The maximum Gasteiger partial charge on any atom is 0.0198 e. The van der Waals surface area contributed by atoms with Crippen LogP contribution in [0.1, 0.15) is 20.3 Å². The molecule has 1 atom stereocenters. The molecule has 72 valence electrons. The van der Waals surface area contributed by atoms with E-state index in [9.17, 15) is 0 Å². The van der Waals surface area contributed by atoms with Gasteiger partial charge in [-0.05, 0) is 31.5 Å². The van der Waals surface area contributed by atoms with Crippen LogP contribution in [0.3, 0.4) is 0 Å². The van der Waals surface area contributed by atoms with Crippen LogP contribution in [0.2, 0.25) is 0 Å². The Morgan fingerprint density at radius 3 is 2.54 bits per heavy atom. The van der Waals surface area contributed by atoms with Crippen LogP contribution in [0.5, 0.6) is 0 Å². The second-order valence-corrected chi connectivity index (χ2v) is 3.64. The molecule has 0 aliphatic carbocycles. The van der Waals surface area contributed by atoms with Crippen LogP contribution in [-0.4, -0.2) is 18.0 Å². The molecule has 1 heteroatoms. The minimum atomic E-state index is 0.865. The van der Waals surface area contributed by atoms with Gasteiger partial charge in [-0.1, -0.05) is 31.2 Å². The highest BCUT2D eigenvalue weighted by molar-refractivity contribution is 5.10. The molecule has 0 radical (unpaired) electrons. The SMILES string of the molecule is C\C=C/C=C\C=C\N1CCC(C)C1. The number of rotatable bonds is 3. The first kappa shape index (κ1) is 10.1. The quantitative estimate of drug-likeness (QED) is 0.599. The van der Waals surface area contributed by atoms with Crippen molar-refractivity contribution in [3.8, 4) is 0 Å². The molecule has 0 bridgehead atoms. The highest BCUT2D eigenvalue weighted by atomic mass is 15.1. The molecule has 1 rings (SSSR count). The van der Waals surface area contributed by atoms with E-state index in [0.29, 0.717) is 0 Å². The zero-order valence-electron chi connectivity index (χ0n) is 8.61. The summed E-state index contributed by atoms with van der Waals surface area (Å²) in [6.45, 7) is 6.77. The Labute approximate surface area is 81.4 Å². The summed E-state index contributed by atoms with van der Waals surface area (Å²) in [7, 11) is 0. The molecule has 1 aliphatic rings. The average Bonchev–Trinajstić information content (AvgIpc) is 2.51. The first-order valence-electron chi connectivity index (χ1n) is 5.03. The van der Waals surface area contributed by atoms with Gasteiger partial charge < -0.3 is 4.90 Å². The lowest BCUT2D eigenvalue weighted by molar-refractivity contribution is 0.448. The lowest BCUT2D eigenvalue weighted by atomic mass is 10.2. The molecule has 0 N–H and O–H groups in total. The van der Waals surface area contributed by atoms with E-state index in [1.165, 1.54) is 19.5 Å². The highest BCUT2D eigenvalue weighted by Gasteiger charge is 2.14. The zero-order chi connectivity index (χ0) is 9.52. The Morgan fingerprint density at radius 2 is 1.92 bits per heavy atom. The second kappa shape index (κ2) is 5.63. The van der Waals surface area contributed by atoms with Crippen LogP contribution in [-0.2, 0) is 0 Å². The van der Waals surface area contributed by atoms with Crippen molar-refractivity contribution in [1.29, 1.82) is 0 Å². The fraction of sp³-hybridized carbons (Fsp3) is 0.500. The van der Waals surface area contributed by atoms with Crippen LogP contribution in [0.4, 0.5) is 0 Å². The Kier molecular flexibility index (Phi) is 4.37. The van der Waals surface area contributed by atoms with Crippen molar-refractivity contribution in [1.82, 2.24) is 4.90 Å². The van der Waals surface area contributed by atoms with Gasteiger partial charge in [0.2, 0.25) is 0 Å². The van der Waals surface area contributed by atoms with Crippen molar-refractivity contribution in [3.63, 3.8) is 0 Å². The molecule has 13 heavy (non-hydrogen) atoms. The minimum Gasteiger partial charge on any atom is -0.377 e. The minimum absolute atomic E-state index is 0.865. The molecule has 0 aromatic rings. The maximum absolute atomic E-state index is 2.38. The molecule has 1 saturated heterocycles. The number of hydrogen-bond donors (Lipinski definition) is 0. The third kappa shape index (κ3) is 3.97. The molecular formula is C12H19N. The zero-order valence-corrected chi connectivity index (χ0v) is 8.61. The van der Waals surface area contributed by atoms with Crippen LogP contribution in [0, 0.1) is 5.92 Å². The summed E-state index contributed by atoms with van der Waals surface area (Å²) in [6.07, 6.45) is 13.8. The van der Waals surface area contributed by atoms with Crippen LogP contribution in [0.15, 0.2) is 36.6 Å². The normalized spacial score (nSPS) is 24.5. The van der Waals surface area contributed by atoms with Gasteiger partial charge >= 0.3 is 0 Å². The van der Waals surface area contributed by atoms with Crippen LogP contribution in [0.25, 0.3) is 0 Å². The summed E-state index contributed by atoms with van der Waals surface area (Å²) in [5.41, 5.74) is 0. The van der Waals surface area contributed by atoms with Gasteiger partial charge in [0.1, 0.15) is 0 Å².